The van der Waals surface area contributed by atoms with Crippen molar-refractivity contribution >= 4 is 56.7 Å². The first-order valence-electron chi connectivity index (χ1n) is 7.43. The fourth-order valence-corrected chi connectivity index (χ4v) is 4.06. The topological polar surface area (TPSA) is 46.5 Å². The highest BCUT2D eigenvalue weighted by molar-refractivity contribution is 7.17. The Morgan fingerprint density at radius 2 is 2.04 bits per heavy atom. The number of rotatable bonds is 6. The molecule has 0 fully saturated rings. The minimum atomic E-state index is -0.854. The van der Waals surface area contributed by atoms with E-state index in [-0.39, 0.29) is 6.42 Å². The van der Waals surface area contributed by atoms with Crippen molar-refractivity contribution in [3.8, 4) is 5.75 Å². The van der Waals surface area contributed by atoms with Gasteiger partial charge in [-0.05, 0) is 40.8 Å². The lowest BCUT2D eigenvalue weighted by Gasteiger charge is -2.10. The molecule has 0 unspecified atom stereocenters. The summed E-state index contributed by atoms with van der Waals surface area (Å²) in [7, 11) is 0. The molecule has 3 nitrogen and oxygen atoms in total. The van der Waals surface area contributed by atoms with Crippen LogP contribution in [0.2, 0.25) is 10.0 Å². The van der Waals surface area contributed by atoms with E-state index < -0.39 is 5.97 Å². The second-order valence-corrected chi connectivity index (χ2v) is 7.20. The van der Waals surface area contributed by atoms with Crippen LogP contribution in [0.3, 0.4) is 0 Å². The van der Waals surface area contributed by atoms with Gasteiger partial charge in [0.1, 0.15) is 12.4 Å². The molecule has 0 aliphatic heterocycles. The van der Waals surface area contributed by atoms with Crippen LogP contribution in [0.5, 0.6) is 5.75 Å². The summed E-state index contributed by atoms with van der Waals surface area (Å²) in [5.41, 5.74) is 2.48. The fraction of sp³-hybridized carbons (Fsp3) is 0.105. The Balaban J connectivity index is 1.90. The van der Waals surface area contributed by atoms with Crippen molar-refractivity contribution < 1.29 is 14.6 Å². The average molecular weight is 393 g/mol. The Morgan fingerprint density at radius 3 is 2.72 bits per heavy atom. The number of ether oxygens (including phenoxy) is 1. The number of carboxylic acid groups (broad SMARTS) is 1. The highest BCUT2D eigenvalue weighted by atomic mass is 35.5. The highest BCUT2D eigenvalue weighted by Gasteiger charge is 2.13. The van der Waals surface area contributed by atoms with Crippen LogP contribution in [0.15, 0.2) is 42.3 Å². The third kappa shape index (κ3) is 3.98. The predicted octanol–water partition coefficient (Wildman–Crippen LogP) is 6.06. The maximum atomic E-state index is 11.0. The Labute approximate surface area is 159 Å². The quantitative estimate of drug-likeness (QED) is 0.554. The number of aliphatic carboxylic acids is 1. The lowest BCUT2D eigenvalue weighted by atomic mass is 10.0. The molecule has 0 aliphatic rings. The highest BCUT2D eigenvalue weighted by Crippen LogP contribution is 2.34. The van der Waals surface area contributed by atoms with Gasteiger partial charge in [-0.25, -0.2) is 0 Å². The zero-order valence-electron chi connectivity index (χ0n) is 13.1. The van der Waals surface area contributed by atoms with Gasteiger partial charge in [0.05, 0.1) is 6.42 Å². The number of thiophene rings is 1. The van der Waals surface area contributed by atoms with Crippen molar-refractivity contribution in [2.45, 2.75) is 13.0 Å². The van der Waals surface area contributed by atoms with E-state index >= 15 is 0 Å². The number of hydrogen-bond donors (Lipinski definition) is 1. The number of benzene rings is 2. The summed E-state index contributed by atoms with van der Waals surface area (Å²) in [6.07, 6.45) is 1.70. The third-order valence-corrected chi connectivity index (χ3v) is 5.29. The molecule has 1 aromatic heterocycles. The molecule has 6 heteroatoms. The lowest BCUT2D eigenvalue weighted by molar-refractivity contribution is -0.136. The molecule has 1 heterocycles. The molecule has 0 saturated carbocycles. The first-order valence-corrected chi connectivity index (χ1v) is 9.06. The van der Waals surface area contributed by atoms with Gasteiger partial charge < -0.3 is 9.84 Å². The maximum absolute atomic E-state index is 11.0. The van der Waals surface area contributed by atoms with Crippen molar-refractivity contribution in [2.75, 3.05) is 0 Å². The van der Waals surface area contributed by atoms with Crippen LogP contribution in [0.1, 0.15) is 16.7 Å². The number of hydrogen-bond acceptors (Lipinski definition) is 3. The molecule has 3 aromatic rings. The molecule has 0 atom stereocenters. The van der Waals surface area contributed by atoms with Gasteiger partial charge >= 0.3 is 5.97 Å². The van der Waals surface area contributed by atoms with Crippen molar-refractivity contribution in [1.82, 2.24) is 0 Å². The van der Waals surface area contributed by atoms with Crippen LogP contribution < -0.4 is 4.74 Å². The summed E-state index contributed by atoms with van der Waals surface area (Å²) in [5, 5.41) is 13.0. The first kappa shape index (κ1) is 17.8. The number of carbonyl (C=O) groups is 1. The van der Waals surface area contributed by atoms with Gasteiger partial charge in [0, 0.05) is 25.7 Å². The number of fused-ring (bicyclic) bond motifs is 1. The first-order chi connectivity index (χ1) is 12.0. The largest absolute Gasteiger partial charge is 0.489 e. The smallest absolute Gasteiger partial charge is 0.307 e. The molecule has 0 amide bonds. The predicted molar refractivity (Wildman–Crippen MR) is 104 cm³/mol. The minimum absolute atomic E-state index is 0.0125. The zero-order chi connectivity index (χ0) is 18.0. The number of halogens is 2. The molecular formula is C19H14Cl2O3S. The Hall–Kier alpha value is -2.01. The Bertz CT molecular complexity index is 963. The van der Waals surface area contributed by atoms with E-state index in [1.807, 2.05) is 23.6 Å². The minimum Gasteiger partial charge on any atom is -0.489 e. The summed E-state index contributed by atoms with van der Waals surface area (Å²) >= 11 is 13.6. The maximum Gasteiger partial charge on any atom is 0.307 e. The SMILES string of the molecule is C=Cc1cc(OCc2ccc(Cl)cc2Cl)cc2scc(CC(=O)O)c12. The van der Waals surface area contributed by atoms with E-state index in [2.05, 4.69) is 6.58 Å². The average Bonchev–Trinajstić information content (AvgIpc) is 2.95. The fourth-order valence-electron chi connectivity index (χ4n) is 2.58. The summed E-state index contributed by atoms with van der Waals surface area (Å²) in [6, 6.07) is 9.03. The van der Waals surface area contributed by atoms with Gasteiger partial charge in [0.2, 0.25) is 0 Å². The van der Waals surface area contributed by atoms with Gasteiger partial charge in [-0.3, -0.25) is 4.79 Å². The standard InChI is InChI=1S/C19H14Cl2O3S/c1-2-11-5-15(24-9-12-3-4-14(20)7-16(12)21)8-17-19(11)13(10-25-17)6-18(22)23/h2-5,7-8,10H,1,6,9H2,(H,22,23). The molecule has 3 rings (SSSR count). The Morgan fingerprint density at radius 1 is 1.24 bits per heavy atom. The van der Waals surface area contributed by atoms with Gasteiger partial charge in [-0.1, -0.05) is 41.9 Å². The molecule has 2 aromatic carbocycles. The molecular weight excluding hydrogens is 379 g/mol. The van der Waals surface area contributed by atoms with Gasteiger partial charge in [0.15, 0.2) is 0 Å². The normalized spacial score (nSPS) is 10.8. The molecule has 0 spiro atoms. The van der Waals surface area contributed by atoms with Crippen molar-refractivity contribution in [1.29, 1.82) is 0 Å². The lowest BCUT2D eigenvalue weighted by Crippen LogP contribution is -2.00. The molecule has 0 saturated heterocycles. The molecule has 25 heavy (non-hydrogen) atoms. The third-order valence-electron chi connectivity index (χ3n) is 3.73. The second-order valence-electron chi connectivity index (χ2n) is 5.45. The van der Waals surface area contributed by atoms with Crippen LogP contribution in [-0.2, 0) is 17.8 Å². The van der Waals surface area contributed by atoms with Crippen LogP contribution in [0, 0.1) is 0 Å². The summed E-state index contributed by atoms with van der Waals surface area (Å²) < 4.78 is 6.83. The monoisotopic (exact) mass is 392 g/mol. The van der Waals surface area contributed by atoms with Gasteiger partial charge in [-0.15, -0.1) is 11.3 Å². The van der Waals surface area contributed by atoms with Gasteiger partial charge in [0.25, 0.3) is 0 Å². The molecule has 128 valence electrons. The zero-order valence-corrected chi connectivity index (χ0v) is 15.4. The van der Waals surface area contributed by atoms with Crippen LogP contribution in [0.25, 0.3) is 16.2 Å². The van der Waals surface area contributed by atoms with E-state index in [4.69, 9.17) is 33.0 Å². The van der Waals surface area contributed by atoms with E-state index in [0.717, 1.165) is 26.8 Å². The molecule has 0 bridgehead atoms. The van der Waals surface area contributed by atoms with E-state index in [0.29, 0.717) is 22.4 Å². The van der Waals surface area contributed by atoms with Crippen molar-refractivity contribution in [2.24, 2.45) is 0 Å². The van der Waals surface area contributed by atoms with E-state index in [1.165, 1.54) is 11.3 Å². The summed E-state index contributed by atoms with van der Waals surface area (Å²) in [5.74, 6) is -0.176. The molecule has 0 radical (unpaired) electrons. The van der Waals surface area contributed by atoms with Crippen molar-refractivity contribution in [3.63, 3.8) is 0 Å². The number of carboxylic acids is 1. The van der Waals surface area contributed by atoms with E-state index in [9.17, 15) is 4.79 Å². The molecule has 1 N–H and O–H groups in total. The molecule has 0 aliphatic carbocycles. The van der Waals surface area contributed by atoms with E-state index in [1.54, 1.807) is 18.2 Å². The van der Waals surface area contributed by atoms with Crippen molar-refractivity contribution in [3.05, 3.63) is 69.0 Å². The van der Waals surface area contributed by atoms with Crippen LogP contribution in [-0.4, -0.2) is 11.1 Å². The summed E-state index contributed by atoms with van der Waals surface area (Å²) in [4.78, 5) is 11.0. The summed E-state index contributed by atoms with van der Waals surface area (Å²) in [6.45, 7) is 4.14. The second kappa shape index (κ2) is 7.48. The Kier molecular flexibility index (Phi) is 5.33. The van der Waals surface area contributed by atoms with Gasteiger partial charge in [-0.2, -0.15) is 0 Å². The van der Waals surface area contributed by atoms with Crippen LogP contribution in [0.4, 0.5) is 0 Å². The van der Waals surface area contributed by atoms with Crippen LogP contribution >= 0.6 is 34.5 Å².